The molecule has 0 aromatic heterocycles. The van der Waals surface area contributed by atoms with Crippen LogP contribution in [-0.4, -0.2) is 61.5 Å². The van der Waals surface area contributed by atoms with Gasteiger partial charge in [-0.25, -0.2) is 0 Å². The Bertz CT molecular complexity index is 513. The second-order valence-electron chi connectivity index (χ2n) is 8.75. The van der Waals surface area contributed by atoms with Crippen LogP contribution < -0.4 is 0 Å². The number of fused-ring (bicyclic) bond motifs is 1. The molecule has 0 bridgehead atoms. The molecular weight excluding hydrogens is 316 g/mol. The molecule has 0 unspecified atom stereocenters. The van der Waals surface area contributed by atoms with E-state index in [0.717, 1.165) is 51.2 Å². The third kappa shape index (κ3) is 3.71. The van der Waals surface area contributed by atoms with Crippen LogP contribution in [0.25, 0.3) is 0 Å². The molecule has 3 atom stereocenters. The number of rotatable bonds is 4. The van der Waals surface area contributed by atoms with Gasteiger partial charge >= 0.3 is 0 Å². The zero-order valence-corrected chi connectivity index (χ0v) is 15.5. The van der Waals surface area contributed by atoms with Crippen LogP contribution in [0.15, 0.2) is 0 Å². The Morgan fingerprint density at radius 3 is 2.52 bits per heavy atom. The summed E-state index contributed by atoms with van der Waals surface area (Å²) in [6.07, 6.45) is 7.60. The van der Waals surface area contributed by atoms with Gasteiger partial charge < -0.3 is 14.5 Å². The van der Waals surface area contributed by atoms with Gasteiger partial charge in [-0.15, -0.1) is 0 Å². The third-order valence-corrected chi connectivity index (χ3v) is 6.90. The van der Waals surface area contributed by atoms with Crippen molar-refractivity contribution < 1.29 is 14.3 Å². The molecule has 2 saturated carbocycles. The Morgan fingerprint density at radius 1 is 1.04 bits per heavy atom. The smallest absolute Gasteiger partial charge is 0.225 e. The van der Waals surface area contributed by atoms with Crippen LogP contribution in [0.3, 0.4) is 0 Å². The summed E-state index contributed by atoms with van der Waals surface area (Å²) in [5.41, 5.74) is 0. The largest absolute Gasteiger partial charge is 0.381 e. The first-order valence-electron chi connectivity index (χ1n) is 10.2. The van der Waals surface area contributed by atoms with Gasteiger partial charge in [0, 0.05) is 51.7 Å². The fourth-order valence-electron chi connectivity index (χ4n) is 5.22. The predicted molar refractivity (Wildman–Crippen MR) is 94.8 cm³/mol. The van der Waals surface area contributed by atoms with Crippen molar-refractivity contribution in [1.29, 1.82) is 0 Å². The molecule has 2 heterocycles. The third-order valence-electron chi connectivity index (χ3n) is 6.90. The van der Waals surface area contributed by atoms with Crippen LogP contribution in [0.2, 0.25) is 0 Å². The fourth-order valence-corrected chi connectivity index (χ4v) is 5.22. The first kappa shape index (κ1) is 17.3. The van der Waals surface area contributed by atoms with Crippen LogP contribution in [0.5, 0.6) is 0 Å². The van der Waals surface area contributed by atoms with E-state index in [1.807, 2.05) is 11.9 Å². The van der Waals surface area contributed by atoms with Crippen molar-refractivity contribution in [2.24, 2.45) is 29.6 Å². The average molecular weight is 348 g/mol. The Labute approximate surface area is 151 Å². The maximum absolute atomic E-state index is 13.0. The minimum Gasteiger partial charge on any atom is -0.381 e. The normalized spacial score (nSPS) is 33.2. The maximum atomic E-state index is 13.0. The van der Waals surface area contributed by atoms with E-state index in [-0.39, 0.29) is 11.8 Å². The van der Waals surface area contributed by atoms with E-state index in [0.29, 0.717) is 36.9 Å². The molecule has 0 aromatic carbocycles. The van der Waals surface area contributed by atoms with E-state index in [9.17, 15) is 9.59 Å². The number of carbonyl (C=O) groups is 2. The number of amides is 2. The molecule has 25 heavy (non-hydrogen) atoms. The minimum absolute atomic E-state index is 0.134. The molecule has 0 spiro atoms. The highest BCUT2D eigenvalue weighted by Crippen LogP contribution is 2.42. The van der Waals surface area contributed by atoms with Crippen molar-refractivity contribution >= 4 is 11.8 Å². The van der Waals surface area contributed by atoms with Crippen LogP contribution in [-0.2, 0) is 14.3 Å². The lowest BCUT2D eigenvalue weighted by atomic mass is 9.73. The summed E-state index contributed by atoms with van der Waals surface area (Å²) in [6, 6.07) is 0. The fraction of sp³-hybridized carbons (Fsp3) is 0.900. The molecule has 2 aliphatic carbocycles. The average Bonchev–Trinajstić information content (AvgIpc) is 3.34. The highest BCUT2D eigenvalue weighted by Gasteiger charge is 2.46. The number of likely N-dealkylation sites (tertiary alicyclic amines) is 1. The Balaban J connectivity index is 1.39. The Hall–Kier alpha value is -1.10. The zero-order chi connectivity index (χ0) is 17.4. The van der Waals surface area contributed by atoms with Gasteiger partial charge in [0.05, 0.1) is 0 Å². The molecule has 0 aromatic rings. The SMILES string of the molecule is CN(CC1CC1)C(=O)[C@H]1CCC[C@H]2CN(C(=O)C3CCOCC3)C[C@@H]21. The molecule has 5 heteroatoms. The number of ether oxygens (including phenoxy) is 1. The summed E-state index contributed by atoms with van der Waals surface area (Å²) in [4.78, 5) is 29.9. The van der Waals surface area contributed by atoms with Crippen molar-refractivity contribution in [3.05, 3.63) is 0 Å². The Morgan fingerprint density at radius 2 is 1.80 bits per heavy atom. The van der Waals surface area contributed by atoms with Crippen molar-refractivity contribution in [3.63, 3.8) is 0 Å². The molecule has 4 fully saturated rings. The highest BCUT2D eigenvalue weighted by molar-refractivity contribution is 5.81. The lowest BCUT2D eigenvalue weighted by Crippen LogP contribution is -2.42. The molecule has 140 valence electrons. The van der Waals surface area contributed by atoms with Crippen LogP contribution in [0.4, 0.5) is 0 Å². The van der Waals surface area contributed by atoms with Crippen LogP contribution in [0, 0.1) is 29.6 Å². The molecule has 4 rings (SSSR count). The topological polar surface area (TPSA) is 49.9 Å². The van der Waals surface area contributed by atoms with Crippen LogP contribution in [0.1, 0.15) is 44.9 Å². The lowest BCUT2D eigenvalue weighted by Gasteiger charge is -2.34. The van der Waals surface area contributed by atoms with Gasteiger partial charge in [0.25, 0.3) is 0 Å². The standard InChI is InChI=1S/C20H32N2O3/c1-21(11-14-5-6-14)20(24)17-4-2-3-16-12-22(13-18(16)17)19(23)15-7-9-25-10-8-15/h14-18H,2-13H2,1H3/t16-,17-,18-/m0/s1. The molecule has 0 N–H and O–H groups in total. The summed E-state index contributed by atoms with van der Waals surface area (Å²) >= 11 is 0. The highest BCUT2D eigenvalue weighted by atomic mass is 16.5. The molecule has 0 radical (unpaired) electrons. The van der Waals surface area contributed by atoms with Crippen LogP contribution >= 0.6 is 0 Å². The van der Waals surface area contributed by atoms with E-state index in [1.165, 1.54) is 19.3 Å². The first-order valence-corrected chi connectivity index (χ1v) is 10.2. The first-order chi connectivity index (χ1) is 12.1. The summed E-state index contributed by atoms with van der Waals surface area (Å²) < 4.78 is 5.40. The molecule has 5 nitrogen and oxygen atoms in total. The molecule has 4 aliphatic rings. The monoisotopic (exact) mass is 348 g/mol. The second-order valence-corrected chi connectivity index (χ2v) is 8.75. The molecule has 2 aliphatic heterocycles. The number of hydrogen-bond acceptors (Lipinski definition) is 3. The van der Waals surface area contributed by atoms with E-state index in [1.54, 1.807) is 0 Å². The van der Waals surface area contributed by atoms with Gasteiger partial charge in [0.2, 0.25) is 11.8 Å². The second kappa shape index (κ2) is 7.26. The van der Waals surface area contributed by atoms with Gasteiger partial charge in [-0.2, -0.15) is 0 Å². The van der Waals surface area contributed by atoms with Gasteiger partial charge in [-0.05, 0) is 56.3 Å². The predicted octanol–water partition coefficient (Wildman–Crippen LogP) is 2.16. The van der Waals surface area contributed by atoms with Gasteiger partial charge in [0.1, 0.15) is 0 Å². The van der Waals surface area contributed by atoms with Gasteiger partial charge in [-0.1, -0.05) is 6.42 Å². The van der Waals surface area contributed by atoms with Crippen molar-refractivity contribution in [2.75, 3.05) is 39.9 Å². The molecular formula is C20H32N2O3. The van der Waals surface area contributed by atoms with Crippen molar-refractivity contribution in [3.8, 4) is 0 Å². The summed E-state index contributed by atoms with van der Waals surface area (Å²) in [5.74, 6) is 2.57. The quantitative estimate of drug-likeness (QED) is 0.782. The van der Waals surface area contributed by atoms with E-state index in [4.69, 9.17) is 4.74 Å². The lowest BCUT2D eigenvalue weighted by molar-refractivity contribution is -0.140. The maximum Gasteiger partial charge on any atom is 0.225 e. The van der Waals surface area contributed by atoms with Crippen molar-refractivity contribution in [1.82, 2.24) is 9.80 Å². The minimum atomic E-state index is 0.134. The van der Waals surface area contributed by atoms with Gasteiger partial charge in [-0.3, -0.25) is 9.59 Å². The zero-order valence-electron chi connectivity index (χ0n) is 15.5. The number of nitrogens with zero attached hydrogens (tertiary/aromatic N) is 2. The number of carbonyl (C=O) groups excluding carboxylic acids is 2. The molecule has 2 amide bonds. The summed E-state index contributed by atoms with van der Waals surface area (Å²) in [7, 11) is 1.98. The van der Waals surface area contributed by atoms with Crippen molar-refractivity contribution in [2.45, 2.75) is 44.9 Å². The summed E-state index contributed by atoms with van der Waals surface area (Å²) in [5, 5.41) is 0. The Kier molecular flexibility index (Phi) is 5.03. The molecule has 2 saturated heterocycles. The number of hydrogen-bond donors (Lipinski definition) is 0. The van der Waals surface area contributed by atoms with Gasteiger partial charge in [0.15, 0.2) is 0 Å². The summed E-state index contributed by atoms with van der Waals surface area (Å²) in [6.45, 7) is 4.03. The van der Waals surface area contributed by atoms with E-state index in [2.05, 4.69) is 4.90 Å². The van der Waals surface area contributed by atoms with E-state index < -0.39 is 0 Å². The van der Waals surface area contributed by atoms with E-state index >= 15 is 0 Å².